The zero-order chi connectivity index (χ0) is 18.4. The second-order valence-corrected chi connectivity index (χ2v) is 6.60. The van der Waals surface area contributed by atoms with Crippen molar-refractivity contribution in [1.82, 2.24) is 10.2 Å². The van der Waals surface area contributed by atoms with Crippen molar-refractivity contribution >= 4 is 11.8 Å². The van der Waals surface area contributed by atoms with Crippen LogP contribution in [0.3, 0.4) is 0 Å². The van der Waals surface area contributed by atoms with Gasteiger partial charge in [-0.15, -0.1) is 0 Å². The van der Waals surface area contributed by atoms with E-state index >= 15 is 0 Å². The Morgan fingerprint density at radius 1 is 1.04 bits per heavy atom. The molecule has 0 aromatic heterocycles. The molecule has 136 valence electrons. The number of amides is 2. The van der Waals surface area contributed by atoms with Gasteiger partial charge < -0.3 is 10.2 Å². The number of benzene rings is 2. The quantitative estimate of drug-likeness (QED) is 0.897. The topological polar surface area (TPSA) is 49.4 Å². The highest BCUT2D eigenvalue weighted by molar-refractivity contribution is 5.94. The second-order valence-electron chi connectivity index (χ2n) is 6.60. The molecule has 2 aromatic rings. The van der Waals surface area contributed by atoms with Crippen LogP contribution in [-0.2, 0) is 11.2 Å². The van der Waals surface area contributed by atoms with Crippen molar-refractivity contribution in [3.63, 3.8) is 0 Å². The Balaban J connectivity index is 1.44. The van der Waals surface area contributed by atoms with Gasteiger partial charge >= 0.3 is 0 Å². The number of hydrogen-bond donors (Lipinski definition) is 1. The lowest BCUT2D eigenvalue weighted by atomic mass is 9.95. The largest absolute Gasteiger partial charge is 0.356 e. The van der Waals surface area contributed by atoms with E-state index in [2.05, 4.69) is 5.32 Å². The molecule has 1 heterocycles. The van der Waals surface area contributed by atoms with E-state index in [1.165, 1.54) is 23.8 Å². The summed E-state index contributed by atoms with van der Waals surface area (Å²) in [6.07, 6.45) is 2.08. The Morgan fingerprint density at radius 3 is 2.46 bits per heavy atom. The first-order valence-corrected chi connectivity index (χ1v) is 9.00. The molecule has 0 bridgehead atoms. The molecule has 1 fully saturated rings. The van der Waals surface area contributed by atoms with Crippen LogP contribution in [0.2, 0.25) is 0 Å². The first-order valence-electron chi connectivity index (χ1n) is 9.00. The van der Waals surface area contributed by atoms with Crippen LogP contribution in [0.25, 0.3) is 0 Å². The summed E-state index contributed by atoms with van der Waals surface area (Å²) < 4.78 is 13.3. The van der Waals surface area contributed by atoms with Crippen molar-refractivity contribution < 1.29 is 14.0 Å². The third-order valence-corrected chi connectivity index (χ3v) is 4.78. The summed E-state index contributed by atoms with van der Waals surface area (Å²) >= 11 is 0. The highest BCUT2D eigenvalue weighted by Gasteiger charge is 2.27. The number of piperidine rings is 1. The SMILES string of the molecule is O=C(NCCc1ccccc1)C1CCN(C(=O)c2cccc(F)c2)CC1. The third kappa shape index (κ3) is 4.69. The Morgan fingerprint density at radius 2 is 1.77 bits per heavy atom. The summed E-state index contributed by atoms with van der Waals surface area (Å²) in [5, 5.41) is 2.99. The van der Waals surface area contributed by atoms with Gasteiger partial charge in [-0.3, -0.25) is 9.59 Å². The molecule has 0 radical (unpaired) electrons. The second kappa shape index (κ2) is 8.61. The molecule has 2 aromatic carbocycles. The first kappa shape index (κ1) is 18.1. The number of hydrogen-bond acceptors (Lipinski definition) is 2. The monoisotopic (exact) mass is 354 g/mol. The predicted octanol–water partition coefficient (Wildman–Crippen LogP) is 3.04. The van der Waals surface area contributed by atoms with Gasteiger partial charge in [-0.05, 0) is 43.0 Å². The van der Waals surface area contributed by atoms with Gasteiger partial charge in [0.1, 0.15) is 5.82 Å². The molecule has 1 saturated heterocycles. The van der Waals surface area contributed by atoms with Crippen molar-refractivity contribution in [2.75, 3.05) is 19.6 Å². The zero-order valence-electron chi connectivity index (χ0n) is 14.7. The van der Waals surface area contributed by atoms with E-state index in [1.807, 2.05) is 30.3 Å². The normalized spacial score (nSPS) is 14.9. The molecule has 5 heteroatoms. The molecular weight excluding hydrogens is 331 g/mol. The summed E-state index contributed by atoms with van der Waals surface area (Å²) in [4.78, 5) is 26.4. The number of carbonyl (C=O) groups is 2. The highest BCUT2D eigenvalue weighted by Crippen LogP contribution is 2.19. The molecule has 1 aliphatic rings. The summed E-state index contributed by atoms with van der Waals surface area (Å²) in [6.45, 7) is 1.66. The first-order chi connectivity index (χ1) is 12.6. The van der Waals surface area contributed by atoms with E-state index in [9.17, 15) is 14.0 Å². The fraction of sp³-hybridized carbons (Fsp3) is 0.333. The van der Waals surface area contributed by atoms with Crippen molar-refractivity contribution in [2.24, 2.45) is 5.92 Å². The van der Waals surface area contributed by atoms with E-state index in [0.29, 0.717) is 38.0 Å². The minimum atomic E-state index is -0.413. The Hall–Kier alpha value is -2.69. The van der Waals surface area contributed by atoms with E-state index in [4.69, 9.17) is 0 Å². The lowest BCUT2D eigenvalue weighted by Crippen LogP contribution is -2.43. The molecule has 2 amide bonds. The van der Waals surface area contributed by atoms with Crippen molar-refractivity contribution in [3.05, 3.63) is 71.5 Å². The van der Waals surface area contributed by atoms with Gasteiger partial charge in [0, 0.05) is 31.1 Å². The van der Waals surface area contributed by atoms with Gasteiger partial charge in [0.15, 0.2) is 0 Å². The summed E-state index contributed by atoms with van der Waals surface area (Å²) in [5.41, 5.74) is 1.55. The van der Waals surface area contributed by atoms with Crippen LogP contribution in [0.15, 0.2) is 54.6 Å². The predicted molar refractivity (Wildman–Crippen MR) is 98.2 cm³/mol. The standard InChI is InChI=1S/C21H23FN2O2/c22-19-8-4-7-18(15-19)21(26)24-13-10-17(11-14-24)20(25)23-12-9-16-5-2-1-3-6-16/h1-8,15,17H,9-14H2,(H,23,25). The maximum Gasteiger partial charge on any atom is 0.253 e. The van der Waals surface area contributed by atoms with Crippen LogP contribution in [0, 0.1) is 11.7 Å². The van der Waals surface area contributed by atoms with Crippen molar-refractivity contribution in [2.45, 2.75) is 19.3 Å². The maximum atomic E-state index is 13.3. The Bertz CT molecular complexity index is 756. The van der Waals surface area contributed by atoms with Crippen LogP contribution in [0.5, 0.6) is 0 Å². The maximum absolute atomic E-state index is 13.3. The average Bonchev–Trinajstić information content (AvgIpc) is 2.68. The van der Waals surface area contributed by atoms with E-state index < -0.39 is 5.82 Å². The number of nitrogens with zero attached hydrogens (tertiary/aromatic N) is 1. The lowest BCUT2D eigenvalue weighted by molar-refractivity contribution is -0.126. The fourth-order valence-corrected chi connectivity index (χ4v) is 3.27. The van der Waals surface area contributed by atoms with Gasteiger partial charge in [0.05, 0.1) is 0 Å². The van der Waals surface area contributed by atoms with E-state index in [1.54, 1.807) is 11.0 Å². The van der Waals surface area contributed by atoms with Crippen LogP contribution in [0.4, 0.5) is 4.39 Å². The number of likely N-dealkylation sites (tertiary alicyclic amines) is 1. The molecule has 3 rings (SSSR count). The number of nitrogens with one attached hydrogen (secondary N) is 1. The van der Waals surface area contributed by atoms with Gasteiger partial charge in [-0.25, -0.2) is 4.39 Å². The molecule has 1 aliphatic heterocycles. The van der Waals surface area contributed by atoms with Crippen LogP contribution < -0.4 is 5.32 Å². The summed E-state index contributed by atoms with van der Waals surface area (Å²) in [5.74, 6) is -0.600. The number of rotatable bonds is 5. The number of carbonyl (C=O) groups excluding carboxylic acids is 2. The Kier molecular flexibility index (Phi) is 6.00. The van der Waals surface area contributed by atoms with E-state index in [0.717, 1.165) is 6.42 Å². The molecule has 0 spiro atoms. The molecule has 0 atom stereocenters. The summed E-state index contributed by atoms with van der Waals surface area (Å²) in [6, 6.07) is 15.8. The Labute approximate surface area is 153 Å². The zero-order valence-corrected chi connectivity index (χ0v) is 14.7. The van der Waals surface area contributed by atoms with Crippen LogP contribution >= 0.6 is 0 Å². The van der Waals surface area contributed by atoms with Gasteiger partial charge in [-0.1, -0.05) is 36.4 Å². The molecule has 1 N–H and O–H groups in total. The minimum absolute atomic E-state index is 0.0544. The van der Waals surface area contributed by atoms with Gasteiger partial charge in [0.2, 0.25) is 5.91 Å². The lowest BCUT2D eigenvalue weighted by Gasteiger charge is -2.31. The van der Waals surface area contributed by atoms with Crippen LogP contribution in [0.1, 0.15) is 28.8 Å². The highest BCUT2D eigenvalue weighted by atomic mass is 19.1. The van der Waals surface area contributed by atoms with Gasteiger partial charge in [-0.2, -0.15) is 0 Å². The minimum Gasteiger partial charge on any atom is -0.356 e. The molecule has 0 aliphatic carbocycles. The van der Waals surface area contributed by atoms with Crippen molar-refractivity contribution in [1.29, 1.82) is 0 Å². The van der Waals surface area contributed by atoms with E-state index in [-0.39, 0.29) is 17.7 Å². The summed E-state index contributed by atoms with van der Waals surface area (Å²) in [7, 11) is 0. The average molecular weight is 354 g/mol. The number of halogens is 1. The fourth-order valence-electron chi connectivity index (χ4n) is 3.27. The molecule has 4 nitrogen and oxygen atoms in total. The molecule has 26 heavy (non-hydrogen) atoms. The molecular formula is C21H23FN2O2. The van der Waals surface area contributed by atoms with Crippen LogP contribution in [-0.4, -0.2) is 36.3 Å². The smallest absolute Gasteiger partial charge is 0.253 e. The third-order valence-electron chi connectivity index (χ3n) is 4.78. The van der Waals surface area contributed by atoms with Gasteiger partial charge in [0.25, 0.3) is 5.91 Å². The molecule has 0 saturated carbocycles. The molecule has 0 unspecified atom stereocenters. The van der Waals surface area contributed by atoms with Crippen molar-refractivity contribution in [3.8, 4) is 0 Å².